The van der Waals surface area contributed by atoms with E-state index in [4.69, 9.17) is 4.74 Å². The number of hydrogen-bond acceptors (Lipinski definition) is 5. The number of rotatable bonds is 4. The van der Waals surface area contributed by atoms with Crippen molar-refractivity contribution in [2.45, 2.75) is 13.0 Å². The lowest BCUT2D eigenvalue weighted by Crippen LogP contribution is -2.52. The zero-order valence-electron chi connectivity index (χ0n) is 13.4. The lowest BCUT2D eigenvalue weighted by Gasteiger charge is -2.35. The second kappa shape index (κ2) is 7.25. The second-order valence-electron chi connectivity index (χ2n) is 5.58. The van der Waals surface area contributed by atoms with Crippen molar-refractivity contribution in [3.8, 4) is 5.75 Å². The minimum atomic E-state index is -0.616. The first-order valence-corrected chi connectivity index (χ1v) is 7.86. The molecule has 0 unspecified atom stereocenters. The Balaban J connectivity index is 1.53. The summed E-state index contributed by atoms with van der Waals surface area (Å²) in [4.78, 5) is 24.8. The molecule has 1 fully saturated rings. The Morgan fingerprint density at radius 3 is 2.38 bits per heavy atom. The van der Waals surface area contributed by atoms with Crippen LogP contribution in [0.2, 0.25) is 0 Å². The molecule has 0 aliphatic carbocycles. The molecule has 24 heavy (non-hydrogen) atoms. The Kier molecular flexibility index (Phi) is 4.88. The molecule has 1 saturated heterocycles. The number of hydrogen-bond donors (Lipinski definition) is 0. The highest BCUT2D eigenvalue weighted by molar-refractivity contribution is 5.81. The van der Waals surface area contributed by atoms with Gasteiger partial charge in [-0.2, -0.15) is 0 Å². The van der Waals surface area contributed by atoms with Crippen molar-refractivity contribution in [3.63, 3.8) is 0 Å². The highest BCUT2D eigenvalue weighted by Gasteiger charge is 2.26. The van der Waals surface area contributed by atoms with Crippen LogP contribution in [0.3, 0.4) is 0 Å². The fourth-order valence-corrected chi connectivity index (χ4v) is 2.61. The van der Waals surface area contributed by atoms with Gasteiger partial charge in [0.25, 0.3) is 5.91 Å². The molecule has 126 valence electrons. The summed E-state index contributed by atoms with van der Waals surface area (Å²) in [6.07, 6.45) is 2.80. The minimum absolute atomic E-state index is 0.0760. The molecule has 0 radical (unpaired) electrons. The van der Waals surface area contributed by atoms with Crippen molar-refractivity contribution in [1.29, 1.82) is 0 Å². The second-order valence-corrected chi connectivity index (χ2v) is 5.58. The molecule has 1 aliphatic rings. The van der Waals surface area contributed by atoms with Crippen molar-refractivity contribution >= 4 is 11.9 Å². The molecular formula is C17H19FN4O2. The van der Waals surface area contributed by atoms with E-state index < -0.39 is 6.10 Å². The number of carbonyl (C=O) groups excluding carboxylic acids is 1. The van der Waals surface area contributed by atoms with E-state index >= 15 is 0 Å². The number of ether oxygens (including phenoxy) is 1. The summed E-state index contributed by atoms with van der Waals surface area (Å²) in [7, 11) is 0. The molecule has 1 atom stereocenters. The van der Waals surface area contributed by atoms with Crippen molar-refractivity contribution in [1.82, 2.24) is 14.9 Å². The molecule has 0 bridgehead atoms. The van der Waals surface area contributed by atoms with Gasteiger partial charge in [-0.15, -0.1) is 0 Å². The zero-order valence-corrected chi connectivity index (χ0v) is 13.4. The number of halogens is 1. The number of anilines is 1. The maximum atomic E-state index is 12.9. The average molecular weight is 330 g/mol. The molecule has 3 rings (SSSR count). The number of piperazine rings is 1. The van der Waals surface area contributed by atoms with Crippen molar-refractivity contribution < 1.29 is 13.9 Å². The topological polar surface area (TPSA) is 58.6 Å². The smallest absolute Gasteiger partial charge is 0.263 e. The van der Waals surface area contributed by atoms with Crippen LogP contribution in [0.25, 0.3) is 0 Å². The number of nitrogens with zero attached hydrogens (tertiary/aromatic N) is 4. The van der Waals surface area contributed by atoms with Crippen LogP contribution < -0.4 is 9.64 Å². The van der Waals surface area contributed by atoms with Gasteiger partial charge in [0.05, 0.1) is 0 Å². The number of aromatic nitrogens is 2. The fraction of sp³-hybridized carbons (Fsp3) is 0.353. The van der Waals surface area contributed by atoms with E-state index in [1.807, 2.05) is 0 Å². The monoisotopic (exact) mass is 330 g/mol. The molecule has 1 aliphatic heterocycles. The molecule has 1 aromatic carbocycles. The maximum absolute atomic E-state index is 12.9. The first-order valence-electron chi connectivity index (χ1n) is 7.86. The van der Waals surface area contributed by atoms with Gasteiger partial charge in [-0.05, 0) is 37.3 Å². The van der Waals surface area contributed by atoms with Crippen LogP contribution in [-0.2, 0) is 4.79 Å². The maximum Gasteiger partial charge on any atom is 0.263 e. The Bertz CT molecular complexity index is 673. The lowest BCUT2D eigenvalue weighted by atomic mass is 10.2. The summed E-state index contributed by atoms with van der Waals surface area (Å²) in [6, 6.07) is 7.43. The summed E-state index contributed by atoms with van der Waals surface area (Å²) in [5, 5.41) is 0. The standard InChI is InChI=1S/C17H19FN4O2/c1-13(24-15-5-3-14(18)4-6-15)16(23)21-9-11-22(12-10-21)17-19-7-2-8-20-17/h2-8,13H,9-12H2,1H3/t13-/m1/s1. The third kappa shape index (κ3) is 3.79. The van der Waals surface area contributed by atoms with Gasteiger partial charge < -0.3 is 14.5 Å². The van der Waals surface area contributed by atoms with Gasteiger partial charge in [-0.25, -0.2) is 14.4 Å². The molecule has 6 nitrogen and oxygen atoms in total. The highest BCUT2D eigenvalue weighted by Crippen LogP contribution is 2.15. The molecule has 2 heterocycles. The predicted molar refractivity (Wildman–Crippen MR) is 87.3 cm³/mol. The summed E-state index contributed by atoms with van der Waals surface area (Å²) < 4.78 is 18.5. The van der Waals surface area contributed by atoms with Crippen LogP contribution in [0.15, 0.2) is 42.7 Å². The Morgan fingerprint density at radius 2 is 1.75 bits per heavy atom. The van der Waals surface area contributed by atoms with E-state index in [9.17, 15) is 9.18 Å². The van der Waals surface area contributed by atoms with Gasteiger partial charge in [0.1, 0.15) is 11.6 Å². The van der Waals surface area contributed by atoms with Gasteiger partial charge in [-0.1, -0.05) is 0 Å². The van der Waals surface area contributed by atoms with Crippen molar-refractivity contribution in [3.05, 3.63) is 48.5 Å². The molecular weight excluding hydrogens is 311 g/mol. The Labute approximate surface area is 139 Å². The minimum Gasteiger partial charge on any atom is -0.481 e. The fourth-order valence-electron chi connectivity index (χ4n) is 2.61. The van der Waals surface area contributed by atoms with Crippen LogP contribution in [0, 0.1) is 5.82 Å². The third-order valence-electron chi connectivity index (χ3n) is 3.90. The SMILES string of the molecule is C[C@@H](Oc1ccc(F)cc1)C(=O)N1CCN(c2ncccn2)CC1. The van der Waals surface area contributed by atoms with Gasteiger partial charge >= 0.3 is 0 Å². The van der Waals surface area contributed by atoms with Gasteiger partial charge in [0, 0.05) is 38.6 Å². The summed E-state index contributed by atoms with van der Waals surface area (Å²) in [6.45, 7) is 4.25. The highest BCUT2D eigenvalue weighted by atomic mass is 19.1. The largest absolute Gasteiger partial charge is 0.481 e. The van der Waals surface area contributed by atoms with Crippen LogP contribution in [0.5, 0.6) is 5.75 Å². The Hall–Kier alpha value is -2.70. The van der Waals surface area contributed by atoms with E-state index in [2.05, 4.69) is 14.9 Å². The number of amides is 1. The molecule has 0 saturated carbocycles. The average Bonchev–Trinajstić information content (AvgIpc) is 2.64. The summed E-state index contributed by atoms with van der Waals surface area (Å²) in [5.41, 5.74) is 0. The van der Waals surface area contributed by atoms with Crippen molar-refractivity contribution in [2.24, 2.45) is 0 Å². The number of carbonyl (C=O) groups is 1. The molecule has 0 spiro atoms. The molecule has 1 aromatic heterocycles. The molecule has 2 aromatic rings. The van der Waals surface area contributed by atoms with Crippen LogP contribution in [0.4, 0.5) is 10.3 Å². The van der Waals surface area contributed by atoms with Crippen LogP contribution in [-0.4, -0.2) is 53.1 Å². The van der Waals surface area contributed by atoms with Crippen LogP contribution >= 0.6 is 0 Å². The predicted octanol–water partition coefficient (Wildman–Crippen LogP) is 1.73. The first-order chi connectivity index (χ1) is 11.6. The summed E-state index contributed by atoms with van der Waals surface area (Å²) in [5.74, 6) is 0.752. The quantitative estimate of drug-likeness (QED) is 0.854. The normalized spacial score (nSPS) is 15.9. The molecule has 1 amide bonds. The third-order valence-corrected chi connectivity index (χ3v) is 3.90. The van der Waals surface area contributed by atoms with Crippen LogP contribution in [0.1, 0.15) is 6.92 Å². The van der Waals surface area contributed by atoms with E-state index in [1.165, 1.54) is 24.3 Å². The number of benzene rings is 1. The molecule has 7 heteroatoms. The van der Waals surface area contributed by atoms with E-state index in [1.54, 1.807) is 30.3 Å². The first kappa shape index (κ1) is 16.2. The van der Waals surface area contributed by atoms with Crippen molar-refractivity contribution in [2.75, 3.05) is 31.1 Å². The van der Waals surface area contributed by atoms with E-state index in [0.29, 0.717) is 37.9 Å². The zero-order chi connectivity index (χ0) is 16.9. The van der Waals surface area contributed by atoms with E-state index in [-0.39, 0.29) is 11.7 Å². The lowest BCUT2D eigenvalue weighted by molar-refractivity contribution is -0.138. The van der Waals surface area contributed by atoms with E-state index in [0.717, 1.165) is 0 Å². The summed E-state index contributed by atoms with van der Waals surface area (Å²) >= 11 is 0. The Morgan fingerprint density at radius 1 is 1.12 bits per heavy atom. The molecule has 0 N–H and O–H groups in total. The van der Waals surface area contributed by atoms with Gasteiger partial charge in [0.2, 0.25) is 5.95 Å². The van der Waals surface area contributed by atoms with Gasteiger partial charge in [0.15, 0.2) is 6.10 Å². The van der Waals surface area contributed by atoms with Gasteiger partial charge in [-0.3, -0.25) is 4.79 Å².